The SMILES string of the molecule is CN1C2CCCC1CC(=O)C2.Cl. The maximum absolute atomic E-state index is 11.2. The number of ketones is 1. The number of carbonyl (C=O) groups is 1. The Morgan fingerprint density at radius 2 is 1.75 bits per heavy atom. The summed E-state index contributed by atoms with van der Waals surface area (Å²) in [4.78, 5) is 13.6. The number of hydrogen-bond acceptors (Lipinski definition) is 2. The monoisotopic (exact) mass is 189 g/mol. The fraction of sp³-hybridized carbons (Fsp3) is 0.889. The third kappa shape index (κ3) is 1.64. The average molecular weight is 190 g/mol. The first-order valence-corrected chi connectivity index (χ1v) is 4.51. The fourth-order valence-corrected chi connectivity index (χ4v) is 2.40. The molecule has 2 aliphatic heterocycles. The first-order chi connectivity index (χ1) is 5.27. The van der Waals surface area contributed by atoms with Crippen LogP contribution >= 0.6 is 12.4 Å². The van der Waals surface area contributed by atoms with Crippen LogP contribution in [0.5, 0.6) is 0 Å². The Morgan fingerprint density at radius 1 is 1.25 bits per heavy atom. The van der Waals surface area contributed by atoms with E-state index < -0.39 is 0 Å². The zero-order valence-electron chi connectivity index (χ0n) is 7.45. The summed E-state index contributed by atoms with van der Waals surface area (Å²) < 4.78 is 0. The van der Waals surface area contributed by atoms with E-state index in [0.717, 1.165) is 12.8 Å². The van der Waals surface area contributed by atoms with Crippen molar-refractivity contribution in [2.45, 2.75) is 44.2 Å². The van der Waals surface area contributed by atoms with Crippen molar-refractivity contribution in [2.24, 2.45) is 0 Å². The van der Waals surface area contributed by atoms with Gasteiger partial charge >= 0.3 is 0 Å². The Balaban J connectivity index is 0.000000720. The zero-order chi connectivity index (χ0) is 7.84. The quantitative estimate of drug-likeness (QED) is 0.578. The average Bonchev–Trinajstić information content (AvgIpc) is 1.92. The van der Waals surface area contributed by atoms with Gasteiger partial charge in [-0.25, -0.2) is 0 Å². The number of hydrogen-bond donors (Lipinski definition) is 0. The molecule has 0 N–H and O–H groups in total. The lowest BCUT2D eigenvalue weighted by Gasteiger charge is -2.43. The summed E-state index contributed by atoms with van der Waals surface area (Å²) in [6.45, 7) is 0. The van der Waals surface area contributed by atoms with Crippen LogP contribution in [0.2, 0.25) is 0 Å². The predicted molar refractivity (Wildman–Crippen MR) is 50.7 cm³/mol. The number of fused-ring (bicyclic) bond motifs is 2. The van der Waals surface area contributed by atoms with Crippen LogP contribution in [0.4, 0.5) is 0 Å². The minimum absolute atomic E-state index is 0. The molecular weight excluding hydrogens is 174 g/mol. The normalized spacial score (nSPS) is 35.9. The molecule has 0 aromatic carbocycles. The Kier molecular flexibility index (Phi) is 3.13. The molecule has 2 saturated heterocycles. The number of Topliss-reactive ketones (excluding diaryl/α,β-unsaturated/α-hetero) is 1. The third-order valence-corrected chi connectivity index (χ3v) is 3.15. The minimum atomic E-state index is 0. The number of rotatable bonds is 0. The molecule has 0 amide bonds. The van der Waals surface area contributed by atoms with Crippen molar-refractivity contribution < 1.29 is 4.79 Å². The number of piperidine rings is 2. The molecule has 0 aromatic rings. The second kappa shape index (κ2) is 3.75. The molecule has 0 saturated carbocycles. The Labute approximate surface area is 79.7 Å². The lowest BCUT2D eigenvalue weighted by molar-refractivity contribution is -0.126. The van der Waals surface area contributed by atoms with E-state index >= 15 is 0 Å². The first kappa shape index (κ1) is 10.0. The molecule has 0 aromatic heterocycles. The van der Waals surface area contributed by atoms with Crippen molar-refractivity contribution in [3.05, 3.63) is 0 Å². The molecule has 2 aliphatic rings. The number of carbonyl (C=O) groups excluding carboxylic acids is 1. The van der Waals surface area contributed by atoms with Gasteiger partial charge in [0.15, 0.2) is 0 Å². The third-order valence-electron chi connectivity index (χ3n) is 3.15. The van der Waals surface area contributed by atoms with E-state index in [0.29, 0.717) is 17.9 Å². The van der Waals surface area contributed by atoms with E-state index in [4.69, 9.17) is 0 Å². The molecule has 2 unspecified atom stereocenters. The Morgan fingerprint density at radius 3 is 2.25 bits per heavy atom. The zero-order valence-corrected chi connectivity index (χ0v) is 8.27. The van der Waals surface area contributed by atoms with Crippen molar-refractivity contribution in [2.75, 3.05) is 7.05 Å². The summed E-state index contributed by atoms with van der Waals surface area (Å²) in [7, 11) is 2.17. The largest absolute Gasteiger partial charge is 0.300 e. The van der Waals surface area contributed by atoms with Crippen LogP contribution in [0.3, 0.4) is 0 Å². The van der Waals surface area contributed by atoms with Crippen molar-refractivity contribution in [1.82, 2.24) is 4.90 Å². The van der Waals surface area contributed by atoms with E-state index in [2.05, 4.69) is 11.9 Å². The molecule has 2 fully saturated rings. The molecular formula is C9H16ClNO. The highest BCUT2D eigenvalue weighted by atomic mass is 35.5. The van der Waals surface area contributed by atoms with Gasteiger partial charge in [-0.15, -0.1) is 12.4 Å². The van der Waals surface area contributed by atoms with Crippen LogP contribution in [0.25, 0.3) is 0 Å². The van der Waals surface area contributed by atoms with Crippen LogP contribution in [-0.4, -0.2) is 29.8 Å². The van der Waals surface area contributed by atoms with E-state index in [1.807, 2.05) is 0 Å². The highest BCUT2D eigenvalue weighted by Gasteiger charge is 2.34. The second-order valence-electron chi connectivity index (χ2n) is 3.85. The molecule has 2 heterocycles. The van der Waals surface area contributed by atoms with Gasteiger partial charge < -0.3 is 0 Å². The maximum atomic E-state index is 11.2. The highest BCUT2D eigenvalue weighted by molar-refractivity contribution is 5.85. The van der Waals surface area contributed by atoms with Gasteiger partial charge in [-0.2, -0.15) is 0 Å². The molecule has 2 bridgehead atoms. The topological polar surface area (TPSA) is 20.3 Å². The minimum Gasteiger partial charge on any atom is -0.300 e. The molecule has 0 aliphatic carbocycles. The van der Waals surface area contributed by atoms with Crippen molar-refractivity contribution in [1.29, 1.82) is 0 Å². The molecule has 0 radical (unpaired) electrons. The smallest absolute Gasteiger partial charge is 0.136 e. The summed E-state index contributed by atoms with van der Waals surface area (Å²) in [6, 6.07) is 1.16. The Bertz CT molecular complexity index is 167. The highest BCUT2D eigenvalue weighted by Crippen LogP contribution is 2.30. The lowest BCUT2D eigenvalue weighted by atomic mass is 9.84. The first-order valence-electron chi connectivity index (χ1n) is 4.51. The van der Waals surface area contributed by atoms with Gasteiger partial charge in [0.1, 0.15) is 5.78 Å². The lowest BCUT2D eigenvalue weighted by Crippen LogP contribution is -2.49. The van der Waals surface area contributed by atoms with Gasteiger partial charge in [0.25, 0.3) is 0 Å². The van der Waals surface area contributed by atoms with Gasteiger partial charge in [-0.05, 0) is 19.9 Å². The standard InChI is InChI=1S/C9H15NO.ClH/c1-10-7-3-2-4-8(10)6-9(11)5-7;/h7-8H,2-6H2,1H3;1H. The van der Waals surface area contributed by atoms with Gasteiger partial charge in [0.05, 0.1) is 0 Å². The Hall–Kier alpha value is -0.0800. The van der Waals surface area contributed by atoms with E-state index in [-0.39, 0.29) is 12.4 Å². The van der Waals surface area contributed by atoms with Crippen LogP contribution < -0.4 is 0 Å². The summed E-state index contributed by atoms with van der Waals surface area (Å²) in [5.41, 5.74) is 0. The predicted octanol–water partition coefficient (Wildman–Crippen LogP) is 1.62. The molecule has 70 valence electrons. The summed E-state index contributed by atoms with van der Waals surface area (Å²) in [6.07, 6.45) is 5.42. The molecule has 2 atom stereocenters. The van der Waals surface area contributed by atoms with Crippen molar-refractivity contribution in [3.8, 4) is 0 Å². The molecule has 2 nitrogen and oxygen atoms in total. The van der Waals surface area contributed by atoms with Crippen molar-refractivity contribution in [3.63, 3.8) is 0 Å². The van der Waals surface area contributed by atoms with Gasteiger partial charge in [0, 0.05) is 24.9 Å². The van der Waals surface area contributed by atoms with E-state index in [1.165, 1.54) is 19.3 Å². The van der Waals surface area contributed by atoms with Crippen LogP contribution in [0, 0.1) is 0 Å². The molecule has 0 spiro atoms. The fourth-order valence-electron chi connectivity index (χ4n) is 2.40. The van der Waals surface area contributed by atoms with Gasteiger partial charge in [-0.1, -0.05) is 6.42 Å². The van der Waals surface area contributed by atoms with Gasteiger partial charge in [-0.3, -0.25) is 9.69 Å². The van der Waals surface area contributed by atoms with Crippen LogP contribution in [-0.2, 0) is 4.79 Å². The summed E-state index contributed by atoms with van der Waals surface area (Å²) in [5, 5.41) is 0. The van der Waals surface area contributed by atoms with Crippen LogP contribution in [0.1, 0.15) is 32.1 Å². The number of halogens is 1. The summed E-state index contributed by atoms with van der Waals surface area (Å²) >= 11 is 0. The van der Waals surface area contributed by atoms with Crippen LogP contribution in [0.15, 0.2) is 0 Å². The maximum Gasteiger partial charge on any atom is 0.136 e. The van der Waals surface area contributed by atoms with Gasteiger partial charge in [0.2, 0.25) is 0 Å². The molecule has 2 rings (SSSR count). The number of nitrogens with zero attached hydrogens (tertiary/aromatic N) is 1. The van der Waals surface area contributed by atoms with E-state index in [1.54, 1.807) is 0 Å². The molecule has 12 heavy (non-hydrogen) atoms. The molecule has 3 heteroatoms. The summed E-state index contributed by atoms with van der Waals surface area (Å²) in [5.74, 6) is 0.484. The second-order valence-corrected chi connectivity index (χ2v) is 3.85. The van der Waals surface area contributed by atoms with Crippen molar-refractivity contribution >= 4 is 18.2 Å². The van der Waals surface area contributed by atoms with E-state index in [9.17, 15) is 4.79 Å².